The number of hydrogen-bond donors (Lipinski definition) is 1. The van der Waals surface area contributed by atoms with Crippen molar-refractivity contribution < 1.29 is 18.3 Å². The standard InChI is InChI=1S/C10H15F2NO2/c1-15-8(14)7-9(6-13-7)3-2-4-10(11,12)5-9/h7,13H,2-6H2,1H3/t7-,9-/m1/s1. The van der Waals surface area contributed by atoms with E-state index in [-0.39, 0.29) is 12.8 Å². The molecule has 0 aromatic carbocycles. The molecule has 1 aliphatic heterocycles. The highest BCUT2D eigenvalue weighted by molar-refractivity contribution is 5.78. The van der Waals surface area contributed by atoms with Crippen LogP contribution in [0.25, 0.3) is 0 Å². The number of methoxy groups -OCH3 is 1. The quantitative estimate of drug-likeness (QED) is 0.676. The van der Waals surface area contributed by atoms with E-state index in [9.17, 15) is 13.6 Å². The largest absolute Gasteiger partial charge is 0.468 e. The van der Waals surface area contributed by atoms with Gasteiger partial charge < -0.3 is 10.1 Å². The first-order valence-corrected chi connectivity index (χ1v) is 5.18. The average Bonchev–Trinajstić information content (AvgIpc) is 2.14. The Morgan fingerprint density at radius 2 is 2.20 bits per heavy atom. The van der Waals surface area contributed by atoms with Gasteiger partial charge in [-0.1, -0.05) is 0 Å². The van der Waals surface area contributed by atoms with E-state index in [1.165, 1.54) is 7.11 Å². The Balaban J connectivity index is 2.10. The smallest absolute Gasteiger partial charge is 0.323 e. The topological polar surface area (TPSA) is 38.3 Å². The van der Waals surface area contributed by atoms with Crippen LogP contribution in [0.3, 0.4) is 0 Å². The zero-order valence-corrected chi connectivity index (χ0v) is 8.69. The van der Waals surface area contributed by atoms with Gasteiger partial charge in [0.25, 0.3) is 0 Å². The number of halogens is 2. The first-order valence-electron chi connectivity index (χ1n) is 5.18. The van der Waals surface area contributed by atoms with Crippen LogP contribution >= 0.6 is 0 Å². The Labute approximate surface area is 87.2 Å². The highest BCUT2D eigenvalue weighted by Crippen LogP contribution is 2.49. The third kappa shape index (κ3) is 1.73. The molecule has 1 saturated heterocycles. The minimum Gasteiger partial charge on any atom is -0.468 e. The fourth-order valence-electron chi connectivity index (χ4n) is 2.73. The van der Waals surface area contributed by atoms with E-state index in [0.717, 1.165) is 0 Å². The molecule has 2 atom stereocenters. The van der Waals surface area contributed by atoms with Gasteiger partial charge in [0, 0.05) is 24.8 Å². The fourth-order valence-corrected chi connectivity index (χ4v) is 2.73. The molecule has 0 unspecified atom stereocenters. The normalized spacial score (nSPS) is 38.5. The van der Waals surface area contributed by atoms with Crippen molar-refractivity contribution in [2.45, 2.75) is 37.6 Å². The molecule has 86 valence electrons. The zero-order valence-electron chi connectivity index (χ0n) is 8.69. The van der Waals surface area contributed by atoms with Crippen LogP contribution in [-0.4, -0.2) is 31.6 Å². The summed E-state index contributed by atoms with van der Waals surface area (Å²) >= 11 is 0. The third-order valence-electron chi connectivity index (χ3n) is 3.54. The SMILES string of the molecule is COC(=O)[C@H]1NC[C@]12CCCC(F)(F)C2. The molecule has 0 bridgehead atoms. The van der Waals surface area contributed by atoms with Crippen LogP contribution in [0.2, 0.25) is 0 Å². The van der Waals surface area contributed by atoms with Gasteiger partial charge in [0.2, 0.25) is 5.92 Å². The Kier molecular flexibility index (Phi) is 2.45. The summed E-state index contributed by atoms with van der Waals surface area (Å²) in [5.41, 5.74) is -0.561. The number of carbonyl (C=O) groups excluding carboxylic acids is 1. The van der Waals surface area contributed by atoms with Crippen molar-refractivity contribution in [2.75, 3.05) is 13.7 Å². The zero-order chi connectivity index (χ0) is 11.1. The van der Waals surface area contributed by atoms with Gasteiger partial charge in [-0.05, 0) is 12.8 Å². The molecule has 2 rings (SSSR count). The van der Waals surface area contributed by atoms with Gasteiger partial charge in [0.05, 0.1) is 7.11 Å². The van der Waals surface area contributed by atoms with E-state index < -0.39 is 23.3 Å². The maximum atomic E-state index is 13.3. The van der Waals surface area contributed by atoms with E-state index >= 15 is 0 Å². The van der Waals surface area contributed by atoms with Crippen LogP contribution in [0.15, 0.2) is 0 Å². The van der Waals surface area contributed by atoms with Crippen LogP contribution in [0.5, 0.6) is 0 Å². The first kappa shape index (κ1) is 10.8. The highest BCUT2D eigenvalue weighted by Gasteiger charge is 2.57. The monoisotopic (exact) mass is 219 g/mol. The molecule has 1 saturated carbocycles. The second-order valence-electron chi connectivity index (χ2n) is 4.59. The van der Waals surface area contributed by atoms with Crippen molar-refractivity contribution in [2.24, 2.45) is 5.41 Å². The van der Waals surface area contributed by atoms with Gasteiger partial charge in [-0.2, -0.15) is 0 Å². The molecule has 2 fully saturated rings. The Hall–Kier alpha value is -0.710. The van der Waals surface area contributed by atoms with Crippen molar-refractivity contribution in [3.63, 3.8) is 0 Å². The number of nitrogens with one attached hydrogen (secondary N) is 1. The van der Waals surface area contributed by atoms with Crippen LogP contribution in [0.1, 0.15) is 25.7 Å². The molecule has 1 N–H and O–H groups in total. The Bertz CT molecular complexity index is 283. The number of rotatable bonds is 1. The van der Waals surface area contributed by atoms with Crippen molar-refractivity contribution in [1.29, 1.82) is 0 Å². The van der Waals surface area contributed by atoms with E-state index in [0.29, 0.717) is 19.4 Å². The van der Waals surface area contributed by atoms with Crippen molar-refractivity contribution in [3.05, 3.63) is 0 Å². The van der Waals surface area contributed by atoms with Crippen LogP contribution < -0.4 is 5.32 Å². The fraction of sp³-hybridized carbons (Fsp3) is 0.900. The Morgan fingerprint density at radius 3 is 2.67 bits per heavy atom. The van der Waals surface area contributed by atoms with Gasteiger partial charge in [0.15, 0.2) is 0 Å². The number of alkyl halides is 2. The summed E-state index contributed by atoms with van der Waals surface area (Å²) in [6.45, 7) is 0.502. The lowest BCUT2D eigenvalue weighted by molar-refractivity contribution is -0.163. The minimum atomic E-state index is -2.62. The van der Waals surface area contributed by atoms with Crippen molar-refractivity contribution >= 4 is 5.97 Å². The van der Waals surface area contributed by atoms with Gasteiger partial charge in [-0.15, -0.1) is 0 Å². The molecule has 5 heteroatoms. The average molecular weight is 219 g/mol. The first-order chi connectivity index (χ1) is 6.99. The molecule has 0 amide bonds. The molecule has 0 radical (unpaired) electrons. The van der Waals surface area contributed by atoms with Gasteiger partial charge in [-0.25, -0.2) is 8.78 Å². The molecule has 15 heavy (non-hydrogen) atoms. The van der Waals surface area contributed by atoms with E-state index in [2.05, 4.69) is 10.1 Å². The van der Waals surface area contributed by atoms with Crippen molar-refractivity contribution in [3.8, 4) is 0 Å². The summed E-state index contributed by atoms with van der Waals surface area (Å²) in [6.07, 6.45) is 0.937. The summed E-state index contributed by atoms with van der Waals surface area (Å²) < 4.78 is 31.2. The minimum absolute atomic E-state index is 0.0529. The number of hydrogen-bond acceptors (Lipinski definition) is 3. The molecule has 1 heterocycles. The summed E-state index contributed by atoms with van der Waals surface area (Å²) in [5.74, 6) is -3.04. The van der Waals surface area contributed by atoms with Crippen LogP contribution in [0.4, 0.5) is 8.78 Å². The Morgan fingerprint density at radius 1 is 1.47 bits per heavy atom. The number of esters is 1. The molecule has 0 aromatic rings. The predicted molar refractivity (Wildman–Crippen MR) is 49.7 cm³/mol. The predicted octanol–water partition coefficient (Wildman–Crippen LogP) is 1.33. The van der Waals surface area contributed by atoms with Crippen LogP contribution in [-0.2, 0) is 9.53 Å². The molecule has 1 spiro atoms. The second-order valence-corrected chi connectivity index (χ2v) is 4.59. The van der Waals surface area contributed by atoms with Gasteiger partial charge >= 0.3 is 5.97 Å². The maximum absolute atomic E-state index is 13.3. The third-order valence-corrected chi connectivity index (χ3v) is 3.54. The van der Waals surface area contributed by atoms with E-state index in [1.807, 2.05) is 0 Å². The molecular formula is C10H15F2NO2. The molecule has 0 aromatic heterocycles. The summed E-state index contributed by atoms with van der Waals surface area (Å²) in [4.78, 5) is 11.3. The van der Waals surface area contributed by atoms with E-state index in [1.54, 1.807) is 0 Å². The molecular weight excluding hydrogens is 204 g/mol. The maximum Gasteiger partial charge on any atom is 0.323 e. The van der Waals surface area contributed by atoms with Crippen LogP contribution in [0, 0.1) is 5.41 Å². The molecule has 2 aliphatic rings. The lowest BCUT2D eigenvalue weighted by atomic mass is 9.63. The molecule has 1 aliphatic carbocycles. The highest BCUT2D eigenvalue weighted by atomic mass is 19.3. The summed E-state index contributed by atoms with van der Waals surface area (Å²) in [7, 11) is 1.29. The summed E-state index contributed by atoms with van der Waals surface area (Å²) in [5, 5.41) is 2.89. The van der Waals surface area contributed by atoms with Gasteiger partial charge in [-0.3, -0.25) is 4.79 Å². The lowest BCUT2D eigenvalue weighted by Gasteiger charge is -2.52. The number of ether oxygens (including phenoxy) is 1. The number of carbonyl (C=O) groups is 1. The summed E-state index contributed by atoms with van der Waals surface area (Å²) in [6, 6.07) is -0.534. The van der Waals surface area contributed by atoms with E-state index in [4.69, 9.17) is 0 Å². The lowest BCUT2D eigenvalue weighted by Crippen LogP contribution is -2.68. The van der Waals surface area contributed by atoms with Crippen molar-refractivity contribution in [1.82, 2.24) is 5.32 Å². The van der Waals surface area contributed by atoms with Gasteiger partial charge in [0.1, 0.15) is 6.04 Å². The second kappa shape index (κ2) is 3.40. The molecule has 3 nitrogen and oxygen atoms in total.